The van der Waals surface area contributed by atoms with Crippen molar-refractivity contribution in [3.05, 3.63) is 90.0 Å². The van der Waals surface area contributed by atoms with E-state index in [0.29, 0.717) is 17.9 Å². The molecule has 3 N–H and O–H groups in total. The number of carbonyl (C=O) groups excluding carboxylic acids is 2. The minimum absolute atomic E-state index is 0.0772. The van der Waals surface area contributed by atoms with Gasteiger partial charge in [0.05, 0.1) is 11.4 Å². The highest BCUT2D eigenvalue weighted by atomic mass is 16.5. The number of nitrogens with two attached hydrogens (primary N) is 1. The second kappa shape index (κ2) is 10.0. The van der Waals surface area contributed by atoms with E-state index in [1.807, 2.05) is 66.7 Å². The van der Waals surface area contributed by atoms with E-state index in [4.69, 9.17) is 10.5 Å². The van der Waals surface area contributed by atoms with Crippen LogP contribution in [0.4, 0.5) is 11.4 Å². The molecule has 1 saturated heterocycles. The van der Waals surface area contributed by atoms with E-state index in [2.05, 4.69) is 10.2 Å². The van der Waals surface area contributed by atoms with Crippen molar-refractivity contribution in [3.8, 4) is 5.75 Å². The number of anilines is 2. The van der Waals surface area contributed by atoms with Crippen LogP contribution in [0.15, 0.2) is 78.9 Å². The third kappa shape index (κ3) is 5.27. The van der Waals surface area contributed by atoms with E-state index < -0.39 is 0 Å². The summed E-state index contributed by atoms with van der Waals surface area (Å²) >= 11 is 0. The first-order valence-electron chi connectivity index (χ1n) is 10.8. The third-order valence-electron chi connectivity index (χ3n) is 5.73. The first-order chi connectivity index (χ1) is 15.6. The van der Waals surface area contributed by atoms with Crippen molar-refractivity contribution in [2.75, 3.05) is 23.3 Å². The van der Waals surface area contributed by atoms with Gasteiger partial charge in [0, 0.05) is 24.6 Å². The number of ether oxygens (including phenoxy) is 1. The summed E-state index contributed by atoms with van der Waals surface area (Å²) in [4.78, 5) is 26.6. The molecule has 0 radical (unpaired) electrons. The Morgan fingerprint density at radius 1 is 0.938 bits per heavy atom. The van der Waals surface area contributed by atoms with Crippen molar-refractivity contribution in [1.82, 2.24) is 0 Å². The monoisotopic (exact) mass is 429 g/mol. The molecule has 1 fully saturated rings. The smallest absolute Gasteiger partial charge is 0.255 e. The molecule has 1 aliphatic rings. The summed E-state index contributed by atoms with van der Waals surface area (Å²) in [5, 5.41) is 3.03. The Morgan fingerprint density at radius 2 is 1.66 bits per heavy atom. The molecule has 2 amide bonds. The number of nitrogens with one attached hydrogen (secondary N) is 1. The van der Waals surface area contributed by atoms with Crippen molar-refractivity contribution in [2.45, 2.75) is 19.4 Å². The van der Waals surface area contributed by atoms with Crippen molar-refractivity contribution in [1.29, 1.82) is 0 Å². The molecular weight excluding hydrogens is 402 g/mol. The topological polar surface area (TPSA) is 84.7 Å². The van der Waals surface area contributed by atoms with Gasteiger partial charge in [-0.2, -0.15) is 0 Å². The van der Waals surface area contributed by atoms with Gasteiger partial charge < -0.3 is 20.7 Å². The van der Waals surface area contributed by atoms with Crippen LogP contribution in [0.5, 0.6) is 5.75 Å². The van der Waals surface area contributed by atoms with Crippen LogP contribution in [0.1, 0.15) is 28.8 Å². The van der Waals surface area contributed by atoms with Crippen LogP contribution in [0, 0.1) is 5.92 Å². The quantitative estimate of drug-likeness (QED) is 0.589. The molecule has 1 heterocycles. The van der Waals surface area contributed by atoms with Gasteiger partial charge in [-0.05, 0) is 48.7 Å². The van der Waals surface area contributed by atoms with Crippen LogP contribution in [0.25, 0.3) is 0 Å². The summed E-state index contributed by atoms with van der Waals surface area (Å²) in [6.07, 6.45) is 1.44. The minimum atomic E-state index is -0.236. The Labute approximate surface area is 188 Å². The van der Waals surface area contributed by atoms with Crippen LogP contribution in [-0.4, -0.2) is 24.9 Å². The lowest BCUT2D eigenvalue weighted by molar-refractivity contribution is -0.122. The van der Waals surface area contributed by atoms with Crippen molar-refractivity contribution in [3.63, 3.8) is 0 Å². The number of hydrogen-bond donors (Lipinski definition) is 2. The van der Waals surface area contributed by atoms with E-state index in [1.165, 1.54) is 0 Å². The van der Waals surface area contributed by atoms with Gasteiger partial charge in [0.1, 0.15) is 12.4 Å². The highest BCUT2D eigenvalue weighted by Gasteiger charge is 2.24. The Bertz CT molecular complexity index is 1080. The normalized spacial score (nSPS) is 14.1. The lowest BCUT2D eigenvalue weighted by Crippen LogP contribution is -2.38. The fourth-order valence-corrected chi connectivity index (χ4v) is 3.92. The maximum atomic E-state index is 13.0. The number of amides is 2. The summed E-state index contributed by atoms with van der Waals surface area (Å²) in [5.41, 5.74) is 8.73. The predicted molar refractivity (Wildman–Crippen MR) is 126 cm³/mol. The zero-order valence-electron chi connectivity index (χ0n) is 17.9. The largest absolute Gasteiger partial charge is 0.489 e. The molecule has 3 aromatic carbocycles. The second-order valence-electron chi connectivity index (χ2n) is 7.94. The Morgan fingerprint density at radius 3 is 2.41 bits per heavy atom. The van der Waals surface area contributed by atoms with Gasteiger partial charge in [-0.25, -0.2) is 0 Å². The van der Waals surface area contributed by atoms with Crippen LogP contribution >= 0.6 is 0 Å². The number of primary amides is 1. The van der Waals surface area contributed by atoms with Crippen molar-refractivity contribution in [2.24, 2.45) is 11.7 Å². The number of para-hydroxylation sites is 2. The summed E-state index contributed by atoms with van der Waals surface area (Å²) < 4.78 is 5.86. The van der Waals surface area contributed by atoms with Gasteiger partial charge in [-0.3, -0.25) is 9.59 Å². The zero-order chi connectivity index (χ0) is 22.3. The molecule has 0 aromatic heterocycles. The SMILES string of the molecule is NC(=O)C1CCN(c2ccccc2NC(=O)c2cccc(OCc3ccccc3)c2)CC1. The summed E-state index contributed by atoms with van der Waals surface area (Å²) in [6, 6.07) is 24.8. The Kier molecular flexibility index (Phi) is 6.70. The maximum Gasteiger partial charge on any atom is 0.255 e. The van der Waals surface area contributed by atoms with E-state index in [-0.39, 0.29) is 17.7 Å². The lowest BCUT2D eigenvalue weighted by Gasteiger charge is -2.33. The van der Waals surface area contributed by atoms with Gasteiger partial charge in [-0.15, -0.1) is 0 Å². The molecule has 0 aliphatic carbocycles. The van der Waals surface area contributed by atoms with Gasteiger partial charge in [-0.1, -0.05) is 48.5 Å². The molecule has 4 rings (SSSR count). The fraction of sp³-hybridized carbons (Fsp3) is 0.231. The predicted octanol–water partition coefficient (Wildman–Crippen LogP) is 4.22. The highest BCUT2D eigenvalue weighted by molar-refractivity contribution is 6.06. The summed E-state index contributed by atoms with van der Waals surface area (Å²) in [5.74, 6) is 0.130. The van der Waals surface area contributed by atoms with E-state index in [1.54, 1.807) is 12.1 Å². The average Bonchev–Trinajstić information content (AvgIpc) is 2.84. The van der Waals surface area contributed by atoms with Crippen LogP contribution in [0.3, 0.4) is 0 Å². The second-order valence-corrected chi connectivity index (χ2v) is 7.94. The summed E-state index contributed by atoms with van der Waals surface area (Å²) in [6.45, 7) is 1.89. The highest BCUT2D eigenvalue weighted by Crippen LogP contribution is 2.30. The Balaban J connectivity index is 1.43. The first-order valence-corrected chi connectivity index (χ1v) is 10.8. The van der Waals surface area contributed by atoms with Gasteiger partial charge in [0.25, 0.3) is 5.91 Å². The van der Waals surface area contributed by atoms with Gasteiger partial charge in [0.15, 0.2) is 0 Å². The number of piperidine rings is 1. The molecule has 0 saturated carbocycles. The molecule has 3 aromatic rings. The third-order valence-corrected chi connectivity index (χ3v) is 5.73. The molecule has 0 atom stereocenters. The molecular formula is C26H27N3O3. The molecule has 0 bridgehead atoms. The molecule has 164 valence electrons. The summed E-state index contributed by atoms with van der Waals surface area (Å²) in [7, 11) is 0. The van der Waals surface area contributed by atoms with E-state index in [0.717, 1.165) is 42.9 Å². The van der Waals surface area contributed by atoms with Gasteiger partial charge >= 0.3 is 0 Å². The number of hydrogen-bond acceptors (Lipinski definition) is 4. The van der Waals surface area contributed by atoms with Crippen LogP contribution < -0.4 is 20.7 Å². The average molecular weight is 430 g/mol. The maximum absolute atomic E-state index is 13.0. The molecule has 32 heavy (non-hydrogen) atoms. The molecule has 1 aliphatic heterocycles. The zero-order valence-corrected chi connectivity index (χ0v) is 17.9. The van der Waals surface area contributed by atoms with E-state index >= 15 is 0 Å². The lowest BCUT2D eigenvalue weighted by atomic mass is 9.96. The molecule has 0 unspecified atom stereocenters. The van der Waals surface area contributed by atoms with Crippen LogP contribution in [-0.2, 0) is 11.4 Å². The molecule has 0 spiro atoms. The van der Waals surface area contributed by atoms with Crippen molar-refractivity contribution < 1.29 is 14.3 Å². The standard InChI is InChI=1S/C26H27N3O3/c27-25(30)20-13-15-29(16-14-20)24-12-5-4-11-23(24)28-26(31)21-9-6-10-22(17-21)32-18-19-7-2-1-3-8-19/h1-12,17,20H,13-16,18H2,(H2,27,30)(H,28,31). The minimum Gasteiger partial charge on any atom is -0.489 e. The molecule has 6 heteroatoms. The molecule has 6 nitrogen and oxygen atoms in total. The van der Waals surface area contributed by atoms with Crippen LogP contribution in [0.2, 0.25) is 0 Å². The first kappa shape index (κ1) is 21.4. The number of benzene rings is 3. The fourth-order valence-electron chi connectivity index (χ4n) is 3.92. The number of carbonyl (C=O) groups is 2. The van der Waals surface area contributed by atoms with Gasteiger partial charge in [0.2, 0.25) is 5.91 Å². The number of nitrogens with zero attached hydrogens (tertiary/aromatic N) is 1. The van der Waals surface area contributed by atoms with Crippen molar-refractivity contribution >= 4 is 23.2 Å². The number of rotatable bonds is 7. The Hall–Kier alpha value is -3.80. The van der Waals surface area contributed by atoms with E-state index in [9.17, 15) is 9.59 Å².